The fourth-order valence-electron chi connectivity index (χ4n) is 4.74. The van der Waals surface area contributed by atoms with Crippen molar-refractivity contribution in [3.8, 4) is 0 Å². The lowest BCUT2D eigenvalue weighted by Gasteiger charge is -2.29. The molecule has 0 bridgehead atoms. The monoisotopic (exact) mass is 440 g/mol. The second-order valence-corrected chi connectivity index (χ2v) is 8.56. The Bertz CT molecular complexity index is 1000. The fraction of sp³-hybridized carbons (Fsp3) is 0.429. The number of methoxy groups -OCH3 is 1. The van der Waals surface area contributed by atoms with E-state index in [-0.39, 0.29) is 16.4 Å². The van der Waals surface area contributed by atoms with Crippen molar-refractivity contribution in [1.82, 2.24) is 9.88 Å². The maximum Gasteiger partial charge on any atom is 0.417 e. The van der Waals surface area contributed by atoms with Crippen LogP contribution in [0.4, 0.5) is 18.9 Å². The van der Waals surface area contributed by atoms with E-state index in [1.165, 1.54) is 18.3 Å². The number of hydrogen-bond donors (Lipinski definition) is 3. The minimum absolute atomic E-state index is 0.266. The van der Waals surface area contributed by atoms with Gasteiger partial charge in [-0.25, -0.2) is 0 Å². The van der Waals surface area contributed by atoms with Gasteiger partial charge in [-0.05, 0) is 48.7 Å². The van der Waals surface area contributed by atoms with Gasteiger partial charge in [0.1, 0.15) is 6.23 Å². The third-order valence-corrected chi connectivity index (χ3v) is 6.77. The topological polar surface area (TPSA) is 80.3 Å². The van der Waals surface area contributed by atoms with E-state index in [2.05, 4.69) is 9.88 Å². The number of rotatable bonds is 5. The van der Waals surface area contributed by atoms with E-state index in [0.717, 1.165) is 23.3 Å². The van der Waals surface area contributed by atoms with Crippen LogP contribution < -0.4 is 11.5 Å². The molecule has 162 valence electrons. The molecule has 1 saturated carbocycles. The average Bonchev–Trinajstić information content (AvgIpc) is 3.06. The zero-order valence-electron chi connectivity index (χ0n) is 16.7. The standard InChI is InChI=1S/C21H24ClF3N4O/c1-11(7-26)18-17(27)14(8-28-18)19(30-2)29-9-13-6-20(13,10-29)12-3-4-16(22)15(5-12)21(23,24)25/h3-5,7-8,13,19,28H,6,9-10,26-27H2,1-2H3/b11-7-. The lowest BCUT2D eigenvalue weighted by Crippen LogP contribution is -2.32. The molecule has 2 aromatic rings. The van der Waals surface area contributed by atoms with E-state index in [4.69, 9.17) is 27.8 Å². The maximum absolute atomic E-state index is 13.3. The van der Waals surface area contributed by atoms with Gasteiger partial charge >= 0.3 is 6.18 Å². The molecular weight excluding hydrogens is 417 g/mol. The van der Waals surface area contributed by atoms with Crippen LogP contribution in [0.5, 0.6) is 0 Å². The average molecular weight is 441 g/mol. The number of hydrogen-bond acceptors (Lipinski definition) is 4. The van der Waals surface area contributed by atoms with Crippen molar-refractivity contribution in [2.75, 3.05) is 25.9 Å². The normalized spacial score (nSPS) is 25.4. The Morgan fingerprint density at radius 1 is 1.43 bits per heavy atom. The van der Waals surface area contributed by atoms with E-state index in [0.29, 0.717) is 24.3 Å². The number of fused-ring (bicyclic) bond motifs is 1. The zero-order chi connectivity index (χ0) is 21.8. The van der Waals surface area contributed by atoms with Crippen LogP contribution in [-0.2, 0) is 16.3 Å². The maximum atomic E-state index is 13.3. The summed E-state index contributed by atoms with van der Waals surface area (Å²) in [4.78, 5) is 5.26. The van der Waals surface area contributed by atoms with Crippen LogP contribution in [0.3, 0.4) is 0 Å². The molecule has 0 spiro atoms. The number of benzene rings is 1. The number of anilines is 1. The first kappa shape index (κ1) is 21.1. The molecule has 5 N–H and O–H groups in total. The van der Waals surface area contributed by atoms with Crippen molar-refractivity contribution in [2.45, 2.75) is 31.2 Å². The Morgan fingerprint density at radius 3 is 2.80 bits per heavy atom. The molecule has 1 aliphatic carbocycles. The van der Waals surface area contributed by atoms with Gasteiger partial charge in [-0.2, -0.15) is 13.2 Å². The van der Waals surface area contributed by atoms with Gasteiger partial charge in [0.25, 0.3) is 0 Å². The molecule has 4 rings (SSSR count). The molecule has 1 saturated heterocycles. The number of nitrogens with one attached hydrogen (secondary N) is 1. The first-order valence-corrected chi connectivity index (χ1v) is 10.00. The van der Waals surface area contributed by atoms with Crippen molar-refractivity contribution in [1.29, 1.82) is 0 Å². The zero-order valence-corrected chi connectivity index (χ0v) is 17.4. The smallest absolute Gasteiger partial charge is 0.404 e. The highest BCUT2D eigenvalue weighted by Crippen LogP contribution is 2.61. The van der Waals surface area contributed by atoms with Crippen LogP contribution in [0.25, 0.3) is 5.57 Å². The minimum Gasteiger partial charge on any atom is -0.404 e. The summed E-state index contributed by atoms with van der Waals surface area (Å²) in [5.41, 5.74) is 14.4. The molecule has 1 aromatic carbocycles. The number of ether oxygens (including phenoxy) is 1. The Labute approximate surface area is 177 Å². The summed E-state index contributed by atoms with van der Waals surface area (Å²) in [6, 6.07) is 4.26. The van der Waals surface area contributed by atoms with Gasteiger partial charge in [-0.1, -0.05) is 17.7 Å². The molecule has 0 radical (unpaired) electrons. The third-order valence-electron chi connectivity index (χ3n) is 6.44. The lowest BCUT2D eigenvalue weighted by molar-refractivity contribution is -0.137. The van der Waals surface area contributed by atoms with Gasteiger partial charge < -0.3 is 21.2 Å². The second-order valence-electron chi connectivity index (χ2n) is 8.15. The summed E-state index contributed by atoms with van der Waals surface area (Å²) >= 11 is 5.80. The Morgan fingerprint density at radius 2 is 2.17 bits per heavy atom. The van der Waals surface area contributed by atoms with Gasteiger partial charge in [0.05, 0.1) is 22.0 Å². The third kappa shape index (κ3) is 3.27. The molecule has 5 nitrogen and oxygen atoms in total. The van der Waals surface area contributed by atoms with E-state index in [1.807, 2.05) is 6.92 Å². The van der Waals surface area contributed by atoms with Crippen LogP contribution in [0, 0.1) is 5.92 Å². The summed E-state index contributed by atoms with van der Waals surface area (Å²) in [7, 11) is 1.60. The van der Waals surface area contributed by atoms with Crippen molar-refractivity contribution in [3.05, 3.63) is 58.0 Å². The molecule has 0 amide bonds. The fourth-order valence-corrected chi connectivity index (χ4v) is 4.96. The number of alkyl halides is 3. The number of aromatic nitrogens is 1. The first-order chi connectivity index (χ1) is 14.1. The molecule has 1 aliphatic heterocycles. The van der Waals surface area contributed by atoms with E-state index >= 15 is 0 Å². The van der Waals surface area contributed by atoms with Crippen molar-refractivity contribution in [2.24, 2.45) is 11.7 Å². The molecule has 9 heteroatoms. The highest BCUT2D eigenvalue weighted by molar-refractivity contribution is 6.31. The number of nitrogens with zero attached hydrogens (tertiary/aromatic N) is 1. The molecular formula is C21H24ClF3N4O. The molecule has 30 heavy (non-hydrogen) atoms. The number of nitrogen functional groups attached to an aromatic ring is 1. The summed E-state index contributed by atoms with van der Waals surface area (Å²) < 4.78 is 45.7. The van der Waals surface area contributed by atoms with Gasteiger partial charge in [-0.3, -0.25) is 4.90 Å². The number of nitrogens with two attached hydrogens (primary N) is 2. The summed E-state index contributed by atoms with van der Waals surface area (Å²) in [6.45, 7) is 3.15. The first-order valence-electron chi connectivity index (χ1n) is 9.62. The molecule has 2 aliphatic rings. The number of aromatic amines is 1. The Kier molecular flexibility index (Phi) is 5.07. The predicted molar refractivity (Wildman–Crippen MR) is 111 cm³/mol. The van der Waals surface area contributed by atoms with E-state index in [1.54, 1.807) is 19.4 Å². The summed E-state index contributed by atoms with van der Waals surface area (Å²) in [5.74, 6) is 0.266. The van der Waals surface area contributed by atoms with E-state index in [9.17, 15) is 13.2 Å². The predicted octanol–water partition coefficient (Wildman–Crippen LogP) is 4.51. The molecule has 3 atom stereocenters. The van der Waals surface area contributed by atoms with Crippen LogP contribution in [-0.4, -0.2) is 30.1 Å². The van der Waals surface area contributed by atoms with Crippen molar-refractivity contribution in [3.63, 3.8) is 0 Å². The minimum atomic E-state index is -4.48. The lowest BCUT2D eigenvalue weighted by atomic mass is 9.93. The van der Waals surface area contributed by atoms with Crippen LogP contribution in [0.1, 0.15) is 42.0 Å². The Hall–Kier alpha value is -2.16. The number of likely N-dealkylation sites (tertiary alicyclic amines) is 1. The van der Waals surface area contributed by atoms with Gasteiger partial charge in [-0.15, -0.1) is 0 Å². The van der Waals surface area contributed by atoms with Crippen LogP contribution in [0.15, 0.2) is 30.6 Å². The molecule has 2 heterocycles. The second kappa shape index (κ2) is 7.21. The largest absolute Gasteiger partial charge is 0.417 e. The number of allylic oxidation sites excluding steroid dienone is 1. The van der Waals surface area contributed by atoms with Crippen LogP contribution in [0.2, 0.25) is 5.02 Å². The van der Waals surface area contributed by atoms with Crippen LogP contribution >= 0.6 is 11.6 Å². The SMILES string of the molecule is COC(c1c[nH]c(/C(C)=C\N)c1N)N1CC2CC2(c2ccc(Cl)c(C(F)(F)F)c2)C1. The molecule has 3 unspecified atom stereocenters. The highest BCUT2D eigenvalue weighted by atomic mass is 35.5. The van der Waals surface area contributed by atoms with E-state index < -0.39 is 18.0 Å². The Balaban J connectivity index is 1.61. The van der Waals surface area contributed by atoms with Crippen molar-refractivity contribution >= 4 is 22.9 Å². The molecule has 2 fully saturated rings. The quantitative estimate of drug-likeness (QED) is 0.639. The summed E-state index contributed by atoms with van der Waals surface area (Å²) in [6.07, 6.45) is -0.758. The summed E-state index contributed by atoms with van der Waals surface area (Å²) in [5, 5.41) is -0.277. The number of H-pyrrole nitrogens is 1. The van der Waals surface area contributed by atoms with Gasteiger partial charge in [0.15, 0.2) is 0 Å². The number of halogens is 4. The van der Waals surface area contributed by atoms with Crippen molar-refractivity contribution < 1.29 is 17.9 Å². The van der Waals surface area contributed by atoms with Gasteiger partial charge in [0, 0.05) is 37.4 Å². The highest BCUT2D eigenvalue weighted by Gasteiger charge is 2.62. The molecule has 1 aromatic heterocycles. The van der Waals surface area contributed by atoms with Gasteiger partial charge in [0.2, 0.25) is 0 Å². The number of piperidine rings is 1.